The van der Waals surface area contributed by atoms with Crippen molar-refractivity contribution in [3.8, 4) is 6.07 Å². The van der Waals surface area contributed by atoms with Gasteiger partial charge in [-0.25, -0.2) is 9.97 Å². The first-order valence-corrected chi connectivity index (χ1v) is 9.86. The lowest BCUT2D eigenvalue weighted by Gasteiger charge is -2.20. The van der Waals surface area contributed by atoms with Crippen molar-refractivity contribution in [2.45, 2.75) is 13.5 Å². The number of aryl methyl sites for hydroxylation is 1. The van der Waals surface area contributed by atoms with E-state index in [0.29, 0.717) is 17.8 Å². The van der Waals surface area contributed by atoms with E-state index in [2.05, 4.69) is 17.1 Å². The Hall–Kier alpha value is -3.08. The molecule has 2 heterocycles. The van der Waals surface area contributed by atoms with Crippen LogP contribution in [-0.4, -0.2) is 16.3 Å². The van der Waals surface area contributed by atoms with Crippen LogP contribution in [0.3, 0.4) is 0 Å². The van der Waals surface area contributed by atoms with Crippen LogP contribution < -0.4 is 4.90 Å². The van der Waals surface area contributed by atoms with Gasteiger partial charge in [0.2, 0.25) is 0 Å². The van der Waals surface area contributed by atoms with Crippen LogP contribution in [0.5, 0.6) is 0 Å². The topological polar surface area (TPSA) is 69.9 Å². The minimum atomic E-state index is 0.456. The van der Waals surface area contributed by atoms with E-state index in [-0.39, 0.29) is 0 Å². The van der Waals surface area contributed by atoms with Gasteiger partial charge in [0.15, 0.2) is 11.4 Å². The van der Waals surface area contributed by atoms with Crippen LogP contribution in [0.1, 0.15) is 25.9 Å². The second kappa shape index (κ2) is 7.27. The number of para-hydroxylation sites is 1. The number of carbonyl (C=O) groups excluding carboxylic acids is 1. The van der Waals surface area contributed by atoms with E-state index in [4.69, 9.17) is 10.2 Å². The number of nitriles is 1. The molecule has 4 rings (SSSR count). The summed E-state index contributed by atoms with van der Waals surface area (Å²) < 4.78 is 1.14. The molecule has 0 radical (unpaired) electrons. The summed E-state index contributed by atoms with van der Waals surface area (Å²) in [6, 6.07) is 17.5. The first-order chi connectivity index (χ1) is 13.2. The number of benzene rings is 2. The average Bonchev–Trinajstić information content (AvgIpc) is 3.28. The van der Waals surface area contributed by atoms with Crippen molar-refractivity contribution < 1.29 is 4.79 Å². The summed E-state index contributed by atoms with van der Waals surface area (Å²) in [5.74, 6) is 0. The lowest BCUT2D eigenvalue weighted by molar-refractivity contribution is 0.111. The fourth-order valence-corrected chi connectivity index (χ4v) is 4.58. The molecule has 0 saturated carbocycles. The largest absolute Gasteiger partial charge is 0.311 e. The SMILES string of the molecule is Cc1sc(N(Cc2nc3ccccc3s2)c2ccc(C#N)cc2)nc1C=O. The second-order valence-corrected chi connectivity index (χ2v) is 8.17. The molecule has 0 atom stereocenters. The molecule has 132 valence electrons. The Balaban J connectivity index is 1.76. The smallest absolute Gasteiger partial charge is 0.191 e. The molecule has 0 aliphatic heterocycles. The lowest BCUT2D eigenvalue weighted by atomic mass is 10.2. The van der Waals surface area contributed by atoms with E-state index in [0.717, 1.165) is 37.2 Å². The van der Waals surface area contributed by atoms with E-state index in [1.54, 1.807) is 23.5 Å². The summed E-state index contributed by atoms with van der Waals surface area (Å²) in [5.41, 5.74) is 2.93. The predicted molar refractivity (Wildman–Crippen MR) is 109 cm³/mol. The predicted octanol–water partition coefficient (Wildman–Crippen LogP) is 5.08. The van der Waals surface area contributed by atoms with Gasteiger partial charge in [0.05, 0.1) is 28.4 Å². The third kappa shape index (κ3) is 3.45. The zero-order chi connectivity index (χ0) is 18.8. The summed E-state index contributed by atoms with van der Waals surface area (Å²) in [7, 11) is 0. The number of aldehydes is 1. The maximum Gasteiger partial charge on any atom is 0.191 e. The number of thiazole rings is 2. The van der Waals surface area contributed by atoms with Gasteiger partial charge in [-0.3, -0.25) is 4.79 Å². The van der Waals surface area contributed by atoms with Gasteiger partial charge >= 0.3 is 0 Å². The first-order valence-electron chi connectivity index (χ1n) is 8.22. The van der Waals surface area contributed by atoms with E-state index >= 15 is 0 Å². The van der Waals surface area contributed by atoms with Gasteiger partial charge in [-0.2, -0.15) is 5.26 Å². The number of aromatic nitrogens is 2. The Kier molecular flexibility index (Phi) is 4.67. The number of hydrogen-bond acceptors (Lipinski definition) is 7. The van der Waals surface area contributed by atoms with E-state index in [1.165, 1.54) is 11.3 Å². The molecule has 0 saturated heterocycles. The summed E-state index contributed by atoms with van der Waals surface area (Å²) in [6.07, 6.45) is 0.782. The maximum absolute atomic E-state index is 11.2. The van der Waals surface area contributed by atoms with Gasteiger partial charge in [-0.1, -0.05) is 12.1 Å². The van der Waals surface area contributed by atoms with Crippen molar-refractivity contribution in [1.82, 2.24) is 9.97 Å². The van der Waals surface area contributed by atoms with Gasteiger partial charge in [0.1, 0.15) is 10.7 Å². The van der Waals surface area contributed by atoms with Crippen LogP contribution in [0.2, 0.25) is 0 Å². The molecule has 0 unspecified atom stereocenters. The van der Waals surface area contributed by atoms with Crippen molar-refractivity contribution in [3.63, 3.8) is 0 Å². The normalized spacial score (nSPS) is 10.7. The van der Waals surface area contributed by atoms with E-state index in [9.17, 15) is 4.79 Å². The number of hydrogen-bond donors (Lipinski definition) is 0. The minimum Gasteiger partial charge on any atom is -0.311 e. The van der Waals surface area contributed by atoms with Crippen LogP contribution in [0, 0.1) is 18.3 Å². The maximum atomic E-state index is 11.2. The summed E-state index contributed by atoms with van der Waals surface area (Å²) >= 11 is 3.11. The summed E-state index contributed by atoms with van der Waals surface area (Å²) in [6.45, 7) is 2.43. The van der Waals surface area contributed by atoms with Crippen molar-refractivity contribution in [2.75, 3.05) is 4.90 Å². The molecule has 2 aromatic carbocycles. The third-order valence-electron chi connectivity index (χ3n) is 4.10. The minimum absolute atomic E-state index is 0.456. The monoisotopic (exact) mass is 390 g/mol. The number of fused-ring (bicyclic) bond motifs is 1. The quantitative estimate of drug-likeness (QED) is 0.444. The van der Waals surface area contributed by atoms with Gasteiger partial charge in [0.25, 0.3) is 0 Å². The average molecular weight is 390 g/mol. The van der Waals surface area contributed by atoms with Gasteiger partial charge in [-0.15, -0.1) is 22.7 Å². The van der Waals surface area contributed by atoms with Crippen molar-refractivity contribution >= 4 is 50.0 Å². The van der Waals surface area contributed by atoms with Gasteiger partial charge in [0, 0.05) is 10.6 Å². The molecule has 27 heavy (non-hydrogen) atoms. The molecule has 2 aromatic heterocycles. The molecule has 0 aliphatic carbocycles. The van der Waals surface area contributed by atoms with Crippen LogP contribution in [0.4, 0.5) is 10.8 Å². The number of carbonyl (C=O) groups is 1. The highest BCUT2D eigenvalue weighted by atomic mass is 32.1. The number of rotatable bonds is 5. The zero-order valence-corrected chi connectivity index (χ0v) is 16.0. The molecule has 0 N–H and O–H groups in total. The van der Waals surface area contributed by atoms with E-state index in [1.807, 2.05) is 42.2 Å². The molecule has 0 amide bonds. The highest BCUT2D eigenvalue weighted by molar-refractivity contribution is 7.18. The molecule has 0 fully saturated rings. The highest BCUT2D eigenvalue weighted by Gasteiger charge is 2.18. The van der Waals surface area contributed by atoms with E-state index < -0.39 is 0 Å². The standard InChI is InChI=1S/C20H14N4OS2/c1-13-17(12-25)23-20(26-13)24(15-8-6-14(10-21)7-9-15)11-19-22-16-4-2-3-5-18(16)27-19/h2-9,12H,11H2,1H3. The Morgan fingerprint density at radius 1 is 1.11 bits per heavy atom. The molecular formula is C20H14N4OS2. The Bertz CT molecular complexity index is 1120. The van der Waals surface area contributed by atoms with Crippen LogP contribution >= 0.6 is 22.7 Å². The van der Waals surface area contributed by atoms with Crippen molar-refractivity contribution in [2.24, 2.45) is 0 Å². The molecule has 5 nitrogen and oxygen atoms in total. The number of nitrogens with zero attached hydrogens (tertiary/aromatic N) is 4. The Morgan fingerprint density at radius 2 is 1.89 bits per heavy atom. The van der Waals surface area contributed by atoms with Crippen LogP contribution in [0.25, 0.3) is 10.2 Å². The second-order valence-electron chi connectivity index (χ2n) is 5.88. The highest BCUT2D eigenvalue weighted by Crippen LogP contribution is 2.34. The molecule has 0 spiro atoms. The lowest BCUT2D eigenvalue weighted by Crippen LogP contribution is -2.16. The molecule has 4 aromatic rings. The van der Waals surface area contributed by atoms with Crippen molar-refractivity contribution in [1.29, 1.82) is 5.26 Å². The Morgan fingerprint density at radius 3 is 2.56 bits per heavy atom. The molecule has 7 heteroatoms. The van der Waals surface area contributed by atoms with Crippen LogP contribution in [-0.2, 0) is 6.54 Å². The summed E-state index contributed by atoms with van der Waals surface area (Å²) in [4.78, 5) is 23.4. The van der Waals surface area contributed by atoms with Crippen LogP contribution in [0.15, 0.2) is 48.5 Å². The molecule has 0 bridgehead atoms. The van der Waals surface area contributed by atoms with Crippen molar-refractivity contribution in [3.05, 3.63) is 69.7 Å². The third-order valence-corrected chi connectivity index (χ3v) is 6.13. The zero-order valence-electron chi connectivity index (χ0n) is 14.4. The Labute approximate surface area is 164 Å². The summed E-state index contributed by atoms with van der Waals surface area (Å²) in [5, 5.41) is 10.7. The van der Waals surface area contributed by atoms with Gasteiger partial charge in [-0.05, 0) is 43.3 Å². The fraction of sp³-hybridized carbons (Fsp3) is 0.100. The first kappa shape index (κ1) is 17.3. The molecular weight excluding hydrogens is 376 g/mol. The number of anilines is 2. The fourth-order valence-electron chi connectivity index (χ4n) is 2.73. The van der Waals surface area contributed by atoms with Gasteiger partial charge < -0.3 is 4.90 Å². The molecule has 0 aliphatic rings.